The molecule has 0 atom stereocenters. The number of rotatable bonds is 4. The van der Waals surface area contributed by atoms with Gasteiger partial charge in [-0.1, -0.05) is 17.7 Å². The third-order valence-electron chi connectivity index (χ3n) is 2.75. The number of nitrogens with zero attached hydrogens (tertiary/aromatic N) is 1. The first-order valence-corrected chi connectivity index (χ1v) is 6.18. The van der Waals surface area contributed by atoms with E-state index in [1.54, 1.807) is 6.07 Å². The fourth-order valence-electron chi connectivity index (χ4n) is 1.84. The van der Waals surface area contributed by atoms with E-state index in [1.807, 2.05) is 0 Å². The molecule has 2 rings (SSSR count). The largest absolute Gasteiger partial charge is 0.382 e. The summed E-state index contributed by atoms with van der Waals surface area (Å²) >= 11 is 5.76. The summed E-state index contributed by atoms with van der Waals surface area (Å²) in [6, 6.07) is 6.02. The third-order valence-corrected chi connectivity index (χ3v) is 3.05. The maximum absolute atomic E-state index is 13.7. The van der Waals surface area contributed by atoms with Gasteiger partial charge in [0.25, 0.3) is 0 Å². The Hall–Kier alpha value is -2.41. The Labute approximate surface area is 123 Å². The summed E-state index contributed by atoms with van der Waals surface area (Å²) in [5.41, 5.74) is -0.197. The van der Waals surface area contributed by atoms with Gasteiger partial charge in [0, 0.05) is 13.1 Å². The van der Waals surface area contributed by atoms with Crippen molar-refractivity contribution in [1.29, 1.82) is 0 Å². The number of nitrogens with one attached hydrogen (secondary N) is 2. The van der Waals surface area contributed by atoms with Crippen molar-refractivity contribution in [2.24, 2.45) is 0 Å². The second kappa shape index (κ2) is 5.92. The van der Waals surface area contributed by atoms with Gasteiger partial charge in [-0.3, -0.25) is 10.1 Å². The maximum atomic E-state index is 13.7. The molecule has 0 aromatic heterocycles. The monoisotopic (exact) mass is 313 g/mol. The van der Waals surface area contributed by atoms with Crippen LogP contribution >= 0.6 is 11.6 Å². The minimum Gasteiger partial charge on any atom is -0.382 e. The average molecular weight is 314 g/mol. The Morgan fingerprint density at radius 3 is 2.48 bits per heavy atom. The highest BCUT2D eigenvalue weighted by Crippen LogP contribution is 2.37. The Morgan fingerprint density at radius 2 is 1.90 bits per heavy atom. The lowest BCUT2D eigenvalue weighted by atomic mass is 10.2. The quantitative estimate of drug-likeness (QED) is 0.652. The fraction of sp³-hybridized carbons (Fsp3) is 0.0769. The maximum Gasteiger partial charge on any atom is 0.315 e. The van der Waals surface area contributed by atoms with Crippen LogP contribution < -0.4 is 10.6 Å². The fourth-order valence-corrected chi connectivity index (χ4v) is 2.08. The molecule has 21 heavy (non-hydrogen) atoms. The molecule has 0 fully saturated rings. The first kappa shape index (κ1) is 15.0. The average Bonchev–Trinajstić information content (AvgIpc) is 2.42. The predicted molar refractivity (Wildman–Crippen MR) is 77.3 cm³/mol. The highest BCUT2D eigenvalue weighted by molar-refractivity contribution is 6.33. The van der Waals surface area contributed by atoms with Crippen LogP contribution in [0.15, 0.2) is 30.3 Å². The first-order valence-electron chi connectivity index (χ1n) is 5.80. The van der Waals surface area contributed by atoms with Crippen molar-refractivity contribution >= 4 is 34.4 Å². The summed E-state index contributed by atoms with van der Waals surface area (Å²) in [5.74, 6) is -1.77. The lowest BCUT2D eigenvalue weighted by molar-refractivity contribution is -0.383. The van der Waals surface area contributed by atoms with Gasteiger partial charge >= 0.3 is 5.69 Å². The molecule has 110 valence electrons. The van der Waals surface area contributed by atoms with E-state index in [1.165, 1.54) is 19.2 Å². The van der Waals surface area contributed by atoms with Crippen LogP contribution in [0.5, 0.6) is 0 Å². The molecule has 2 N–H and O–H groups in total. The topological polar surface area (TPSA) is 67.2 Å². The summed E-state index contributed by atoms with van der Waals surface area (Å²) in [6.45, 7) is 0. The van der Waals surface area contributed by atoms with Crippen molar-refractivity contribution < 1.29 is 13.7 Å². The molecule has 8 heteroatoms. The van der Waals surface area contributed by atoms with Crippen LogP contribution in [0, 0.1) is 21.7 Å². The van der Waals surface area contributed by atoms with Crippen LogP contribution in [0.2, 0.25) is 5.02 Å². The minimum atomic E-state index is -0.941. The third kappa shape index (κ3) is 3.03. The van der Waals surface area contributed by atoms with Gasteiger partial charge < -0.3 is 10.6 Å². The van der Waals surface area contributed by atoms with Crippen LogP contribution in [0.25, 0.3) is 0 Å². The lowest BCUT2D eigenvalue weighted by Crippen LogP contribution is -2.03. The van der Waals surface area contributed by atoms with Gasteiger partial charge in [-0.15, -0.1) is 0 Å². The molecule has 0 spiro atoms. The van der Waals surface area contributed by atoms with E-state index < -0.39 is 16.6 Å². The molecule has 2 aromatic rings. The Kier molecular flexibility index (Phi) is 4.23. The van der Waals surface area contributed by atoms with E-state index in [4.69, 9.17) is 11.6 Å². The molecule has 0 aliphatic carbocycles. The zero-order valence-corrected chi connectivity index (χ0v) is 11.5. The molecule has 0 saturated carbocycles. The zero-order valence-electron chi connectivity index (χ0n) is 10.8. The second-order valence-corrected chi connectivity index (χ2v) is 4.49. The zero-order chi connectivity index (χ0) is 15.6. The van der Waals surface area contributed by atoms with Crippen molar-refractivity contribution in [3.05, 3.63) is 57.1 Å². The van der Waals surface area contributed by atoms with Crippen LogP contribution in [-0.4, -0.2) is 12.0 Å². The molecule has 0 unspecified atom stereocenters. The van der Waals surface area contributed by atoms with Gasteiger partial charge in [-0.25, -0.2) is 8.78 Å². The number of benzene rings is 2. The summed E-state index contributed by atoms with van der Waals surface area (Å²) in [4.78, 5) is 10.5. The van der Waals surface area contributed by atoms with E-state index >= 15 is 0 Å². The molecule has 0 radical (unpaired) electrons. The molecule has 0 bridgehead atoms. The van der Waals surface area contributed by atoms with Gasteiger partial charge in [0.15, 0.2) is 5.82 Å². The van der Waals surface area contributed by atoms with Gasteiger partial charge in [-0.2, -0.15) is 0 Å². The molecular formula is C13H10ClF2N3O2. The number of para-hydroxylation sites is 1. The molecule has 0 heterocycles. The Bertz CT molecular complexity index is 687. The van der Waals surface area contributed by atoms with Crippen LogP contribution in [-0.2, 0) is 0 Å². The van der Waals surface area contributed by atoms with Crippen molar-refractivity contribution in [3.8, 4) is 0 Å². The SMILES string of the molecule is CNc1cccc(Nc2c(F)cc(F)cc2Cl)c1[N+](=O)[O-]. The number of nitro benzene ring substituents is 1. The predicted octanol–water partition coefficient (Wildman–Crippen LogP) is 4.31. The molecule has 0 amide bonds. The lowest BCUT2D eigenvalue weighted by Gasteiger charge is -2.12. The number of hydrogen-bond acceptors (Lipinski definition) is 4. The molecule has 0 aliphatic rings. The van der Waals surface area contributed by atoms with E-state index in [-0.39, 0.29) is 27.8 Å². The highest BCUT2D eigenvalue weighted by Gasteiger charge is 2.21. The number of anilines is 3. The molecule has 5 nitrogen and oxygen atoms in total. The van der Waals surface area contributed by atoms with E-state index in [9.17, 15) is 18.9 Å². The van der Waals surface area contributed by atoms with Crippen molar-refractivity contribution in [3.63, 3.8) is 0 Å². The first-order chi connectivity index (χ1) is 9.93. The van der Waals surface area contributed by atoms with Crippen LogP contribution in [0.4, 0.5) is 31.5 Å². The van der Waals surface area contributed by atoms with Crippen LogP contribution in [0.3, 0.4) is 0 Å². The standard InChI is InChI=1S/C13H10ClF2N3O2/c1-17-10-3-2-4-11(13(10)19(20)21)18-12-8(14)5-7(15)6-9(12)16/h2-6,17-18H,1H3. The number of nitro groups is 1. The second-order valence-electron chi connectivity index (χ2n) is 4.08. The van der Waals surface area contributed by atoms with Gasteiger partial charge in [0.05, 0.1) is 15.6 Å². The summed E-state index contributed by atoms with van der Waals surface area (Å²) in [7, 11) is 1.53. The van der Waals surface area contributed by atoms with E-state index in [2.05, 4.69) is 10.6 Å². The molecule has 2 aromatic carbocycles. The van der Waals surface area contributed by atoms with E-state index in [0.717, 1.165) is 6.07 Å². The Morgan fingerprint density at radius 1 is 1.24 bits per heavy atom. The number of halogens is 3. The van der Waals surface area contributed by atoms with Gasteiger partial charge in [-0.05, 0) is 18.2 Å². The summed E-state index contributed by atoms with van der Waals surface area (Å²) in [5, 5.41) is 16.2. The Balaban J connectivity index is 2.52. The van der Waals surface area contributed by atoms with Crippen molar-refractivity contribution in [2.45, 2.75) is 0 Å². The molecule has 0 aliphatic heterocycles. The molecular weight excluding hydrogens is 304 g/mol. The van der Waals surface area contributed by atoms with Crippen LogP contribution in [0.1, 0.15) is 0 Å². The van der Waals surface area contributed by atoms with Crippen molar-refractivity contribution in [1.82, 2.24) is 0 Å². The van der Waals surface area contributed by atoms with Gasteiger partial charge in [0.1, 0.15) is 17.2 Å². The number of hydrogen-bond donors (Lipinski definition) is 2. The normalized spacial score (nSPS) is 10.3. The van der Waals surface area contributed by atoms with E-state index in [0.29, 0.717) is 6.07 Å². The highest BCUT2D eigenvalue weighted by atomic mass is 35.5. The minimum absolute atomic E-state index is 0.0410. The summed E-state index contributed by atoms with van der Waals surface area (Å²) in [6.07, 6.45) is 0. The van der Waals surface area contributed by atoms with Gasteiger partial charge in [0.2, 0.25) is 0 Å². The molecule has 0 saturated heterocycles. The smallest absolute Gasteiger partial charge is 0.315 e. The van der Waals surface area contributed by atoms with Crippen molar-refractivity contribution in [2.75, 3.05) is 17.7 Å². The summed E-state index contributed by atoms with van der Waals surface area (Å²) < 4.78 is 26.7.